The topological polar surface area (TPSA) is 123 Å². The van der Waals surface area contributed by atoms with E-state index >= 15 is 0 Å². The number of rotatable bonds is 5. The van der Waals surface area contributed by atoms with Crippen molar-refractivity contribution in [2.75, 3.05) is 7.11 Å². The normalized spacial score (nSPS) is 11.3. The Bertz CT molecular complexity index is 1040. The number of halogens is 1. The zero-order valence-corrected chi connectivity index (χ0v) is 16.5. The van der Waals surface area contributed by atoms with Crippen molar-refractivity contribution in [3.8, 4) is 22.8 Å². The number of hydrogen-bond acceptors (Lipinski definition) is 6. The van der Waals surface area contributed by atoms with Gasteiger partial charge in [0.25, 0.3) is 5.91 Å². The monoisotopic (exact) mass is 414 g/mol. The van der Waals surface area contributed by atoms with Crippen LogP contribution in [0.2, 0.25) is 5.02 Å². The number of nitrogens with zero attached hydrogens (tertiary/aromatic N) is 2. The maximum absolute atomic E-state index is 12.7. The number of hydrogen-bond donors (Lipinski definition) is 3. The molecule has 3 aromatic rings. The second-order valence-corrected chi connectivity index (χ2v) is 6.60. The lowest BCUT2D eigenvalue weighted by molar-refractivity contribution is 0.0975. The summed E-state index contributed by atoms with van der Waals surface area (Å²) in [5.74, 6) is 0.472. The molecule has 3 rings (SSSR count). The van der Waals surface area contributed by atoms with E-state index in [-0.39, 0.29) is 23.8 Å². The minimum absolute atomic E-state index is 0.0227. The van der Waals surface area contributed by atoms with Gasteiger partial charge in [0.05, 0.1) is 13.7 Å². The summed E-state index contributed by atoms with van der Waals surface area (Å²) in [6, 6.07) is 11.6. The number of nitrogens with one attached hydrogen (secondary N) is 1. The number of phenolic OH excluding ortho intramolecular Hbond substituents is 1. The number of carbonyl (C=O) groups excluding carboxylic acids is 1. The second kappa shape index (κ2) is 8.66. The van der Waals surface area contributed by atoms with Gasteiger partial charge < -0.3 is 20.1 Å². The fourth-order valence-corrected chi connectivity index (χ4v) is 2.96. The maximum atomic E-state index is 12.7. The number of ether oxygens (including phenoxy) is 1. The quantitative estimate of drug-likeness (QED) is 0.435. The Morgan fingerprint density at radius 2 is 2.03 bits per heavy atom. The number of aromatic hydroxyl groups is 1. The van der Waals surface area contributed by atoms with Crippen molar-refractivity contribution in [1.82, 2.24) is 10.5 Å². The zero-order valence-electron chi connectivity index (χ0n) is 15.8. The molecule has 2 aromatic carbocycles. The fraction of sp³-hybridized carbons (Fsp3) is 0.150. The van der Waals surface area contributed by atoms with Crippen molar-refractivity contribution in [1.29, 1.82) is 0 Å². The molecule has 0 radical (unpaired) electrons. The first kappa shape index (κ1) is 20.2. The highest BCUT2D eigenvalue weighted by Crippen LogP contribution is 2.27. The molecule has 0 unspecified atom stereocenters. The molecule has 0 aliphatic heterocycles. The number of benzene rings is 2. The Kier molecular flexibility index (Phi) is 6.04. The van der Waals surface area contributed by atoms with Crippen LogP contribution in [0, 0.1) is 6.92 Å². The van der Waals surface area contributed by atoms with E-state index in [1.54, 1.807) is 44.4 Å². The first-order chi connectivity index (χ1) is 13.9. The van der Waals surface area contributed by atoms with E-state index in [2.05, 4.69) is 15.5 Å². The molecule has 0 saturated heterocycles. The van der Waals surface area contributed by atoms with Crippen LogP contribution in [0.25, 0.3) is 11.3 Å². The summed E-state index contributed by atoms with van der Waals surface area (Å²) in [5.41, 5.74) is 7.82. The third-order valence-corrected chi connectivity index (χ3v) is 4.29. The van der Waals surface area contributed by atoms with E-state index in [0.717, 1.165) is 0 Å². The summed E-state index contributed by atoms with van der Waals surface area (Å²) in [6.07, 6.45) is 0. The van der Waals surface area contributed by atoms with Crippen LogP contribution in [-0.2, 0) is 6.54 Å². The number of aryl methyl sites for hydroxylation is 1. The SMILES string of the molecule is COc1ccc(-c2noc(C)c2C(=O)NC(N)=NCc2cc(O)cc(Cl)c2)cc1. The minimum Gasteiger partial charge on any atom is -0.508 e. The van der Waals surface area contributed by atoms with Gasteiger partial charge >= 0.3 is 0 Å². The van der Waals surface area contributed by atoms with Gasteiger partial charge in [-0.05, 0) is 55.0 Å². The molecule has 0 atom stereocenters. The number of guanidine groups is 1. The molecule has 8 nitrogen and oxygen atoms in total. The molecule has 0 aliphatic carbocycles. The summed E-state index contributed by atoms with van der Waals surface area (Å²) < 4.78 is 10.3. The molecular weight excluding hydrogens is 396 g/mol. The van der Waals surface area contributed by atoms with Gasteiger partial charge in [-0.3, -0.25) is 10.1 Å². The molecular formula is C20H19ClN4O4. The van der Waals surface area contributed by atoms with E-state index < -0.39 is 5.91 Å². The average molecular weight is 415 g/mol. The number of amides is 1. The maximum Gasteiger partial charge on any atom is 0.263 e. The van der Waals surface area contributed by atoms with E-state index in [9.17, 15) is 9.90 Å². The van der Waals surface area contributed by atoms with E-state index in [4.69, 9.17) is 26.6 Å². The molecule has 0 spiro atoms. The van der Waals surface area contributed by atoms with Gasteiger partial charge in [0, 0.05) is 10.6 Å². The Balaban J connectivity index is 1.77. The lowest BCUT2D eigenvalue weighted by Crippen LogP contribution is -2.37. The Morgan fingerprint density at radius 3 is 2.69 bits per heavy atom. The molecule has 0 bridgehead atoms. The summed E-state index contributed by atoms with van der Waals surface area (Å²) in [4.78, 5) is 16.8. The lowest BCUT2D eigenvalue weighted by Gasteiger charge is -2.06. The van der Waals surface area contributed by atoms with Crippen molar-refractivity contribution in [3.63, 3.8) is 0 Å². The van der Waals surface area contributed by atoms with Crippen molar-refractivity contribution in [2.24, 2.45) is 10.7 Å². The molecule has 1 aromatic heterocycles. The van der Waals surface area contributed by atoms with Gasteiger partial charge in [0.2, 0.25) is 0 Å². The Hall–Kier alpha value is -3.52. The van der Waals surface area contributed by atoms with Gasteiger partial charge in [-0.1, -0.05) is 16.8 Å². The first-order valence-corrected chi connectivity index (χ1v) is 8.95. The largest absolute Gasteiger partial charge is 0.508 e. The number of methoxy groups -OCH3 is 1. The molecule has 4 N–H and O–H groups in total. The zero-order chi connectivity index (χ0) is 21.0. The highest BCUT2D eigenvalue weighted by atomic mass is 35.5. The van der Waals surface area contributed by atoms with E-state index in [0.29, 0.717) is 33.4 Å². The van der Waals surface area contributed by atoms with E-state index in [1.807, 2.05) is 0 Å². The van der Waals surface area contributed by atoms with E-state index in [1.165, 1.54) is 12.1 Å². The first-order valence-electron chi connectivity index (χ1n) is 8.57. The van der Waals surface area contributed by atoms with Crippen LogP contribution in [-0.4, -0.2) is 29.2 Å². The highest BCUT2D eigenvalue weighted by molar-refractivity contribution is 6.30. The Morgan fingerprint density at radius 1 is 1.31 bits per heavy atom. The molecule has 1 amide bonds. The summed E-state index contributed by atoms with van der Waals surface area (Å²) in [5, 5.41) is 16.5. The lowest BCUT2D eigenvalue weighted by atomic mass is 10.1. The molecule has 9 heteroatoms. The third-order valence-electron chi connectivity index (χ3n) is 4.07. The molecule has 29 heavy (non-hydrogen) atoms. The third kappa shape index (κ3) is 4.85. The molecule has 1 heterocycles. The van der Waals surface area contributed by atoms with Gasteiger partial charge in [0.1, 0.15) is 28.5 Å². The number of phenols is 1. The molecule has 0 saturated carbocycles. The predicted octanol–water partition coefficient (Wildman–Crippen LogP) is 3.26. The summed E-state index contributed by atoms with van der Waals surface area (Å²) in [6.45, 7) is 1.77. The smallest absolute Gasteiger partial charge is 0.263 e. The molecule has 0 fully saturated rings. The fourth-order valence-electron chi connectivity index (χ4n) is 2.70. The van der Waals surface area contributed by atoms with Crippen LogP contribution in [0.4, 0.5) is 0 Å². The number of aromatic nitrogens is 1. The van der Waals surface area contributed by atoms with Gasteiger partial charge in [-0.2, -0.15) is 0 Å². The van der Waals surface area contributed by atoms with Gasteiger partial charge in [-0.15, -0.1) is 0 Å². The Labute approximate surface area is 171 Å². The summed E-state index contributed by atoms with van der Waals surface area (Å²) >= 11 is 5.89. The molecule has 0 aliphatic rings. The number of nitrogens with two attached hydrogens (primary N) is 1. The summed E-state index contributed by atoms with van der Waals surface area (Å²) in [7, 11) is 1.57. The highest BCUT2D eigenvalue weighted by Gasteiger charge is 2.22. The van der Waals surface area contributed by atoms with Crippen molar-refractivity contribution in [3.05, 3.63) is 64.4 Å². The van der Waals surface area contributed by atoms with Crippen molar-refractivity contribution >= 4 is 23.5 Å². The second-order valence-electron chi connectivity index (χ2n) is 6.16. The average Bonchev–Trinajstić information content (AvgIpc) is 3.07. The minimum atomic E-state index is -0.496. The standard InChI is InChI=1S/C20H19ClN4O4/c1-11-17(18(25-29-11)13-3-5-16(28-2)6-4-13)19(27)24-20(22)23-10-12-7-14(21)9-15(26)8-12/h3-9,26H,10H2,1-2H3,(H3,22,23,24,27). The number of carbonyl (C=O) groups is 1. The van der Waals surface area contributed by atoms with Gasteiger partial charge in [-0.25, -0.2) is 4.99 Å². The predicted molar refractivity (Wildman–Crippen MR) is 109 cm³/mol. The van der Waals surface area contributed by atoms with Crippen molar-refractivity contribution in [2.45, 2.75) is 13.5 Å². The van der Waals surface area contributed by atoms with Crippen LogP contribution in [0.3, 0.4) is 0 Å². The van der Waals surface area contributed by atoms with Crippen LogP contribution in [0.1, 0.15) is 21.7 Å². The van der Waals surface area contributed by atoms with Gasteiger partial charge in [0.15, 0.2) is 5.96 Å². The molecule has 150 valence electrons. The number of aliphatic imine (C=N–C) groups is 1. The van der Waals surface area contributed by atoms with Crippen LogP contribution in [0.5, 0.6) is 11.5 Å². The van der Waals surface area contributed by atoms with Crippen LogP contribution in [0.15, 0.2) is 52.0 Å². The van der Waals surface area contributed by atoms with Crippen LogP contribution >= 0.6 is 11.6 Å². The van der Waals surface area contributed by atoms with Crippen LogP contribution < -0.4 is 15.8 Å². The van der Waals surface area contributed by atoms with Crippen molar-refractivity contribution < 1.29 is 19.2 Å².